The number of benzene rings is 1. The van der Waals surface area contributed by atoms with Gasteiger partial charge in [-0.2, -0.15) is 0 Å². The summed E-state index contributed by atoms with van der Waals surface area (Å²) in [5.74, 6) is -0.498. The van der Waals surface area contributed by atoms with Gasteiger partial charge in [-0.15, -0.1) is 10.1 Å². The van der Waals surface area contributed by atoms with Crippen molar-refractivity contribution in [1.29, 1.82) is 0 Å². The van der Waals surface area contributed by atoms with Crippen LogP contribution < -0.4 is 10.6 Å². The van der Waals surface area contributed by atoms with Gasteiger partial charge in [0.05, 0.1) is 0 Å². The van der Waals surface area contributed by atoms with Gasteiger partial charge in [-0.05, 0) is 5.56 Å². The van der Waals surface area contributed by atoms with Gasteiger partial charge < -0.3 is 20.2 Å². The molecule has 1 saturated heterocycles. The molecule has 0 spiro atoms. The molecule has 9 nitrogen and oxygen atoms in total. The van der Waals surface area contributed by atoms with Gasteiger partial charge in [-0.3, -0.25) is 4.79 Å². The molecular weight excluding hydrogens is 282 g/mol. The van der Waals surface area contributed by atoms with Gasteiger partial charge in [0.1, 0.15) is 6.61 Å². The molecule has 1 fully saturated rings. The summed E-state index contributed by atoms with van der Waals surface area (Å²) in [4.78, 5) is 37.4. The van der Waals surface area contributed by atoms with E-state index in [-0.39, 0.29) is 13.2 Å². The fourth-order valence-corrected chi connectivity index (χ4v) is 1.93. The van der Waals surface area contributed by atoms with E-state index in [0.29, 0.717) is 5.56 Å². The number of hydrogen-bond donors (Lipinski definition) is 2. The highest BCUT2D eigenvalue weighted by Gasteiger charge is 2.39. The van der Waals surface area contributed by atoms with Gasteiger partial charge in [-0.25, -0.2) is 4.79 Å². The lowest BCUT2D eigenvalue weighted by Gasteiger charge is -2.16. The Bertz CT molecular complexity index is 535. The van der Waals surface area contributed by atoms with Gasteiger partial charge in [0.15, 0.2) is 12.1 Å². The first-order valence-electron chi connectivity index (χ1n) is 6.15. The molecule has 112 valence electrons. The van der Waals surface area contributed by atoms with E-state index in [1.165, 1.54) is 0 Å². The van der Waals surface area contributed by atoms with Crippen LogP contribution in [0.1, 0.15) is 11.7 Å². The summed E-state index contributed by atoms with van der Waals surface area (Å²) in [6.07, 6.45) is -1.43. The van der Waals surface area contributed by atoms with E-state index < -0.39 is 29.2 Å². The SMILES string of the molecule is O=C1N[C@H](C(=O)NCCO[N+](=O)[O-])[C@@H](c2ccccc2)O1. The maximum absolute atomic E-state index is 12.0. The number of nitrogens with zero attached hydrogens (tertiary/aromatic N) is 1. The molecule has 1 aliphatic rings. The van der Waals surface area contributed by atoms with Gasteiger partial charge in [0.2, 0.25) is 5.91 Å². The molecule has 1 heterocycles. The predicted molar refractivity (Wildman–Crippen MR) is 68.5 cm³/mol. The Hall–Kier alpha value is -2.84. The van der Waals surface area contributed by atoms with Gasteiger partial charge in [0, 0.05) is 6.54 Å². The van der Waals surface area contributed by atoms with Crippen LogP contribution in [-0.2, 0) is 14.4 Å². The lowest BCUT2D eigenvalue weighted by Crippen LogP contribution is -2.44. The van der Waals surface area contributed by atoms with E-state index in [1.807, 2.05) is 0 Å². The van der Waals surface area contributed by atoms with Gasteiger partial charge in [-0.1, -0.05) is 30.3 Å². The van der Waals surface area contributed by atoms with Crippen molar-refractivity contribution in [1.82, 2.24) is 10.6 Å². The lowest BCUT2D eigenvalue weighted by molar-refractivity contribution is -0.757. The summed E-state index contributed by atoms with van der Waals surface area (Å²) in [6, 6.07) is 7.92. The molecule has 0 bridgehead atoms. The molecule has 1 aromatic rings. The number of carbonyl (C=O) groups is 2. The molecular formula is C12H13N3O6. The fraction of sp³-hybridized carbons (Fsp3) is 0.333. The number of hydrogen-bond acceptors (Lipinski definition) is 6. The van der Waals surface area contributed by atoms with Crippen molar-refractivity contribution < 1.29 is 24.3 Å². The minimum absolute atomic E-state index is 0.0479. The third-order valence-electron chi connectivity index (χ3n) is 2.82. The molecule has 2 atom stereocenters. The molecule has 1 aromatic carbocycles. The Morgan fingerprint density at radius 1 is 1.43 bits per heavy atom. The fourth-order valence-electron chi connectivity index (χ4n) is 1.93. The highest BCUT2D eigenvalue weighted by atomic mass is 16.9. The standard InChI is InChI=1S/C12H13N3O6/c16-11(13-6-7-20-15(18)19)9-10(21-12(17)14-9)8-4-2-1-3-5-8/h1-5,9-10H,6-7H2,(H,13,16)(H,14,17)/t9-,10+/m0/s1. The van der Waals surface area contributed by atoms with Crippen LogP contribution in [0.2, 0.25) is 0 Å². The minimum atomic E-state index is -0.945. The Kier molecular flexibility index (Phi) is 4.54. The summed E-state index contributed by atoms with van der Waals surface area (Å²) in [5, 5.41) is 13.9. The normalized spacial score (nSPS) is 20.3. The summed E-state index contributed by atoms with van der Waals surface area (Å²) < 4.78 is 5.08. The number of cyclic esters (lactones) is 1. The Labute approximate surface area is 119 Å². The average Bonchev–Trinajstić information content (AvgIpc) is 2.86. The summed E-state index contributed by atoms with van der Waals surface area (Å²) in [5.41, 5.74) is 0.678. The Morgan fingerprint density at radius 3 is 2.81 bits per heavy atom. The number of amides is 2. The minimum Gasteiger partial charge on any atom is -0.439 e. The van der Waals surface area contributed by atoms with E-state index in [2.05, 4.69) is 15.5 Å². The third-order valence-corrected chi connectivity index (χ3v) is 2.82. The van der Waals surface area contributed by atoms with Gasteiger partial charge in [0.25, 0.3) is 5.09 Å². The van der Waals surface area contributed by atoms with Gasteiger partial charge >= 0.3 is 6.09 Å². The van der Waals surface area contributed by atoms with Crippen molar-refractivity contribution in [2.75, 3.05) is 13.2 Å². The highest BCUT2D eigenvalue weighted by molar-refractivity contribution is 5.88. The lowest BCUT2D eigenvalue weighted by atomic mass is 10.0. The first-order chi connectivity index (χ1) is 10.1. The second-order valence-corrected chi connectivity index (χ2v) is 4.21. The van der Waals surface area contributed by atoms with Crippen molar-refractivity contribution in [3.63, 3.8) is 0 Å². The Morgan fingerprint density at radius 2 is 2.14 bits per heavy atom. The van der Waals surface area contributed by atoms with Crippen molar-refractivity contribution in [2.45, 2.75) is 12.1 Å². The smallest absolute Gasteiger partial charge is 0.408 e. The summed E-state index contributed by atoms with van der Waals surface area (Å²) in [7, 11) is 0. The molecule has 0 saturated carbocycles. The molecule has 21 heavy (non-hydrogen) atoms. The monoisotopic (exact) mass is 295 g/mol. The third kappa shape index (κ3) is 3.81. The number of alkyl carbamates (subject to hydrolysis) is 1. The highest BCUT2D eigenvalue weighted by Crippen LogP contribution is 2.26. The van der Waals surface area contributed by atoms with Crippen LogP contribution in [0.25, 0.3) is 0 Å². The van der Waals surface area contributed by atoms with Crippen LogP contribution >= 0.6 is 0 Å². The zero-order valence-corrected chi connectivity index (χ0v) is 10.9. The molecule has 1 aliphatic heterocycles. The van der Waals surface area contributed by atoms with Crippen molar-refractivity contribution in [2.24, 2.45) is 0 Å². The zero-order chi connectivity index (χ0) is 15.2. The molecule has 2 rings (SSSR count). The van der Waals surface area contributed by atoms with E-state index in [1.54, 1.807) is 30.3 Å². The van der Waals surface area contributed by atoms with Crippen molar-refractivity contribution in [3.8, 4) is 0 Å². The van der Waals surface area contributed by atoms with Crippen molar-refractivity contribution >= 4 is 12.0 Å². The van der Waals surface area contributed by atoms with Crippen LogP contribution in [0.5, 0.6) is 0 Å². The predicted octanol–water partition coefficient (Wildman–Crippen LogP) is 0.161. The maximum Gasteiger partial charge on any atom is 0.408 e. The number of carbonyl (C=O) groups excluding carboxylic acids is 2. The molecule has 0 aromatic heterocycles. The molecule has 2 amide bonds. The number of ether oxygens (including phenoxy) is 1. The van der Waals surface area contributed by atoms with Crippen LogP contribution in [0, 0.1) is 10.1 Å². The average molecular weight is 295 g/mol. The molecule has 2 N–H and O–H groups in total. The van der Waals surface area contributed by atoms with Crippen LogP contribution in [0.3, 0.4) is 0 Å². The van der Waals surface area contributed by atoms with Crippen LogP contribution in [0.15, 0.2) is 30.3 Å². The second kappa shape index (κ2) is 6.55. The molecule has 0 radical (unpaired) electrons. The largest absolute Gasteiger partial charge is 0.439 e. The van der Waals surface area contributed by atoms with Crippen LogP contribution in [0.4, 0.5) is 4.79 Å². The molecule has 9 heteroatoms. The van der Waals surface area contributed by atoms with E-state index in [9.17, 15) is 19.7 Å². The quantitative estimate of drug-likeness (QED) is 0.438. The Balaban J connectivity index is 1.95. The van der Waals surface area contributed by atoms with Crippen molar-refractivity contribution in [3.05, 3.63) is 46.0 Å². The first-order valence-corrected chi connectivity index (χ1v) is 6.15. The number of rotatable bonds is 6. The first kappa shape index (κ1) is 14.6. The summed E-state index contributed by atoms with van der Waals surface area (Å²) in [6.45, 7) is -0.316. The molecule has 0 unspecified atom stereocenters. The van der Waals surface area contributed by atoms with Crippen LogP contribution in [-0.4, -0.2) is 36.3 Å². The maximum atomic E-state index is 12.0. The second-order valence-electron chi connectivity index (χ2n) is 4.21. The molecule has 0 aliphatic carbocycles. The van der Waals surface area contributed by atoms with E-state index in [0.717, 1.165) is 0 Å². The number of nitrogens with one attached hydrogen (secondary N) is 2. The van der Waals surface area contributed by atoms with E-state index >= 15 is 0 Å². The zero-order valence-electron chi connectivity index (χ0n) is 10.9. The summed E-state index contributed by atoms with van der Waals surface area (Å²) >= 11 is 0. The topological polar surface area (TPSA) is 120 Å². The van der Waals surface area contributed by atoms with E-state index in [4.69, 9.17) is 4.74 Å².